The SMILES string of the molecule is Cc1ccc2c(C(c3ccc(C(F)(F)F)cc3)c3c[nH]c4ccccc34)c[nH]c2c1. The Bertz CT molecular complexity index is 1340. The van der Waals surface area contributed by atoms with Crippen LogP contribution >= 0.6 is 0 Å². The lowest BCUT2D eigenvalue weighted by atomic mass is 9.84. The number of aromatic nitrogens is 2. The minimum atomic E-state index is -4.35. The van der Waals surface area contributed by atoms with Crippen LogP contribution in [0.15, 0.2) is 79.1 Å². The first-order valence-electron chi connectivity index (χ1n) is 9.72. The van der Waals surface area contributed by atoms with Gasteiger partial charge in [0.15, 0.2) is 0 Å². The third-order valence-electron chi connectivity index (χ3n) is 5.68. The van der Waals surface area contributed by atoms with Gasteiger partial charge in [0.05, 0.1) is 5.56 Å². The molecule has 0 aliphatic carbocycles. The Kier molecular flexibility index (Phi) is 4.21. The second kappa shape index (κ2) is 6.80. The van der Waals surface area contributed by atoms with Gasteiger partial charge in [-0.2, -0.15) is 13.2 Å². The van der Waals surface area contributed by atoms with Gasteiger partial charge in [-0.25, -0.2) is 0 Å². The van der Waals surface area contributed by atoms with E-state index < -0.39 is 11.7 Å². The Balaban J connectivity index is 1.74. The summed E-state index contributed by atoms with van der Waals surface area (Å²) in [6, 6.07) is 19.7. The Morgan fingerprint density at radius 3 is 2.07 bits per heavy atom. The van der Waals surface area contributed by atoms with E-state index in [1.165, 1.54) is 0 Å². The van der Waals surface area contributed by atoms with Gasteiger partial charge in [-0.3, -0.25) is 0 Å². The monoisotopic (exact) mass is 404 g/mol. The maximum Gasteiger partial charge on any atom is 0.416 e. The van der Waals surface area contributed by atoms with Crippen LogP contribution in [0.5, 0.6) is 0 Å². The molecule has 2 nitrogen and oxygen atoms in total. The number of aromatic amines is 2. The number of H-pyrrole nitrogens is 2. The number of nitrogens with one attached hydrogen (secondary N) is 2. The summed E-state index contributed by atoms with van der Waals surface area (Å²) >= 11 is 0. The number of rotatable bonds is 3. The van der Waals surface area contributed by atoms with Crippen LogP contribution < -0.4 is 0 Å². The lowest BCUT2D eigenvalue weighted by molar-refractivity contribution is -0.137. The zero-order valence-electron chi connectivity index (χ0n) is 16.2. The van der Waals surface area contributed by atoms with Gasteiger partial charge < -0.3 is 9.97 Å². The standard InChI is InChI=1S/C25H19F3N2/c1-15-6-11-19-21(14-30-23(19)12-15)24(16-7-9-17(10-8-16)25(26,27)28)20-13-29-22-5-3-2-4-18(20)22/h2-14,24,29-30H,1H3. The lowest BCUT2D eigenvalue weighted by Gasteiger charge is -2.18. The van der Waals surface area contributed by atoms with Crippen molar-refractivity contribution >= 4 is 21.8 Å². The molecule has 3 aromatic carbocycles. The van der Waals surface area contributed by atoms with E-state index in [2.05, 4.69) is 28.2 Å². The summed E-state index contributed by atoms with van der Waals surface area (Å²) in [6.07, 6.45) is -0.429. The number of hydrogen-bond donors (Lipinski definition) is 2. The van der Waals surface area contributed by atoms with E-state index in [0.29, 0.717) is 0 Å². The van der Waals surface area contributed by atoms with Crippen molar-refractivity contribution in [2.75, 3.05) is 0 Å². The zero-order valence-corrected chi connectivity index (χ0v) is 16.2. The molecule has 2 N–H and O–H groups in total. The molecule has 0 saturated heterocycles. The van der Waals surface area contributed by atoms with E-state index >= 15 is 0 Å². The Morgan fingerprint density at radius 1 is 0.733 bits per heavy atom. The van der Waals surface area contributed by atoms with Gasteiger partial charge in [-0.15, -0.1) is 0 Å². The van der Waals surface area contributed by atoms with Crippen LogP contribution in [0, 0.1) is 6.92 Å². The van der Waals surface area contributed by atoms with Crippen molar-refractivity contribution in [2.24, 2.45) is 0 Å². The highest BCUT2D eigenvalue weighted by molar-refractivity contribution is 5.89. The zero-order chi connectivity index (χ0) is 20.9. The Labute approximate surface area is 171 Å². The fraction of sp³-hybridized carbons (Fsp3) is 0.120. The molecule has 1 unspecified atom stereocenters. The second-order valence-electron chi connectivity index (χ2n) is 7.64. The fourth-order valence-electron chi connectivity index (χ4n) is 4.23. The number of halogens is 3. The van der Waals surface area contributed by atoms with Crippen LogP contribution in [0.2, 0.25) is 0 Å². The first kappa shape index (κ1) is 18.6. The van der Waals surface area contributed by atoms with Crippen LogP contribution in [0.1, 0.15) is 33.7 Å². The molecule has 0 radical (unpaired) electrons. The van der Waals surface area contributed by atoms with Gasteiger partial charge in [0, 0.05) is 40.1 Å². The summed E-state index contributed by atoms with van der Waals surface area (Å²) in [5.41, 5.74) is 5.41. The largest absolute Gasteiger partial charge is 0.416 e. The van der Waals surface area contributed by atoms with Crippen molar-refractivity contribution < 1.29 is 13.2 Å². The first-order chi connectivity index (χ1) is 14.4. The molecule has 0 fully saturated rings. The predicted molar refractivity (Wildman–Crippen MR) is 114 cm³/mol. The van der Waals surface area contributed by atoms with E-state index in [9.17, 15) is 13.2 Å². The Morgan fingerprint density at radius 2 is 1.37 bits per heavy atom. The van der Waals surface area contributed by atoms with E-state index in [1.54, 1.807) is 12.1 Å². The minimum Gasteiger partial charge on any atom is -0.361 e. The molecule has 0 aliphatic heterocycles. The molecule has 0 spiro atoms. The molecule has 0 bridgehead atoms. The summed E-state index contributed by atoms with van der Waals surface area (Å²) in [5.74, 6) is -0.208. The maximum absolute atomic E-state index is 13.1. The lowest BCUT2D eigenvalue weighted by Crippen LogP contribution is -2.07. The summed E-state index contributed by atoms with van der Waals surface area (Å²) < 4.78 is 39.3. The molecule has 2 heterocycles. The van der Waals surface area contributed by atoms with Crippen molar-refractivity contribution in [1.29, 1.82) is 0 Å². The first-order valence-corrected chi connectivity index (χ1v) is 9.72. The topological polar surface area (TPSA) is 31.6 Å². The smallest absolute Gasteiger partial charge is 0.361 e. The number of aryl methyl sites for hydroxylation is 1. The summed E-state index contributed by atoms with van der Waals surface area (Å²) in [6.45, 7) is 2.03. The minimum absolute atomic E-state index is 0.208. The second-order valence-corrected chi connectivity index (χ2v) is 7.64. The van der Waals surface area contributed by atoms with Gasteiger partial charge in [0.1, 0.15) is 0 Å². The van der Waals surface area contributed by atoms with Gasteiger partial charge >= 0.3 is 6.18 Å². The van der Waals surface area contributed by atoms with E-state index in [4.69, 9.17) is 0 Å². The molecule has 5 rings (SSSR count). The van der Waals surface area contributed by atoms with E-state index in [-0.39, 0.29) is 5.92 Å². The van der Waals surface area contributed by atoms with Crippen LogP contribution in [0.4, 0.5) is 13.2 Å². The maximum atomic E-state index is 13.1. The summed E-state index contributed by atoms with van der Waals surface area (Å²) in [4.78, 5) is 6.64. The quantitative estimate of drug-likeness (QED) is 0.320. The average molecular weight is 404 g/mol. The number of fused-ring (bicyclic) bond motifs is 2. The van der Waals surface area contributed by atoms with Crippen molar-refractivity contribution in [3.63, 3.8) is 0 Å². The highest BCUT2D eigenvalue weighted by Crippen LogP contribution is 2.40. The van der Waals surface area contributed by atoms with Crippen molar-refractivity contribution in [3.8, 4) is 0 Å². The summed E-state index contributed by atoms with van der Waals surface area (Å²) in [7, 11) is 0. The Hall–Kier alpha value is -3.47. The van der Waals surface area contributed by atoms with Crippen LogP contribution in [0.25, 0.3) is 21.8 Å². The number of hydrogen-bond acceptors (Lipinski definition) is 0. The third kappa shape index (κ3) is 3.07. The van der Waals surface area contributed by atoms with Crippen molar-refractivity contribution in [2.45, 2.75) is 19.0 Å². The number of alkyl halides is 3. The predicted octanol–water partition coefficient (Wildman–Crippen LogP) is 7.16. The van der Waals surface area contributed by atoms with Crippen LogP contribution in [0.3, 0.4) is 0 Å². The molecule has 5 heteroatoms. The highest BCUT2D eigenvalue weighted by Gasteiger charge is 2.31. The van der Waals surface area contributed by atoms with E-state index in [1.807, 2.05) is 43.6 Å². The molecule has 0 aliphatic rings. The molecule has 1 atom stereocenters. The van der Waals surface area contributed by atoms with Gasteiger partial charge in [0.25, 0.3) is 0 Å². The molecule has 2 aromatic heterocycles. The van der Waals surface area contributed by atoms with Crippen LogP contribution in [-0.4, -0.2) is 9.97 Å². The molecule has 5 aromatic rings. The molecule has 0 amide bonds. The molecular weight excluding hydrogens is 385 g/mol. The number of para-hydroxylation sites is 1. The van der Waals surface area contributed by atoms with Crippen molar-refractivity contribution in [3.05, 3.63) is 107 Å². The molecule has 150 valence electrons. The molecule has 30 heavy (non-hydrogen) atoms. The highest BCUT2D eigenvalue weighted by atomic mass is 19.4. The molecular formula is C25H19F3N2. The van der Waals surface area contributed by atoms with Gasteiger partial charge in [-0.05, 0) is 53.4 Å². The summed E-state index contributed by atoms with van der Waals surface area (Å²) in [5, 5.41) is 2.12. The van der Waals surface area contributed by atoms with Crippen LogP contribution in [-0.2, 0) is 6.18 Å². The number of benzene rings is 3. The normalized spacial score (nSPS) is 13.2. The van der Waals surface area contributed by atoms with Gasteiger partial charge in [-0.1, -0.05) is 42.5 Å². The van der Waals surface area contributed by atoms with Crippen molar-refractivity contribution in [1.82, 2.24) is 9.97 Å². The van der Waals surface area contributed by atoms with Gasteiger partial charge in [0.2, 0.25) is 0 Å². The third-order valence-corrected chi connectivity index (χ3v) is 5.68. The van der Waals surface area contributed by atoms with E-state index in [0.717, 1.165) is 56.2 Å². The molecule has 0 saturated carbocycles. The fourth-order valence-corrected chi connectivity index (χ4v) is 4.23. The average Bonchev–Trinajstić information content (AvgIpc) is 3.33.